The van der Waals surface area contributed by atoms with Crippen LogP contribution in [0.15, 0.2) is 24.3 Å². The number of halogens is 1. The number of anilines is 1. The van der Waals surface area contributed by atoms with Crippen molar-refractivity contribution in [2.45, 2.75) is 12.5 Å². The van der Waals surface area contributed by atoms with E-state index in [2.05, 4.69) is 10.6 Å². The molecule has 0 radical (unpaired) electrons. The monoisotopic (exact) mass is 286 g/mol. The summed E-state index contributed by atoms with van der Waals surface area (Å²) in [5, 5.41) is 6.03. The Labute approximate surface area is 119 Å². The summed E-state index contributed by atoms with van der Waals surface area (Å²) in [6.07, 6.45) is 0.305. The molecular formula is C13H19ClN2O3. The highest BCUT2D eigenvalue weighted by molar-refractivity contribution is 5.92. The molecule has 19 heavy (non-hydrogen) atoms. The van der Waals surface area contributed by atoms with Crippen molar-refractivity contribution in [2.24, 2.45) is 0 Å². The smallest absolute Gasteiger partial charge is 0.227 e. The van der Waals surface area contributed by atoms with Crippen LogP contribution in [0.5, 0.6) is 5.75 Å². The number of benzene rings is 1. The molecule has 106 valence electrons. The number of para-hydroxylation sites is 2. The average molecular weight is 287 g/mol. The van der Waals surface area contributed by atoms with Gasteiger partial charge in [0.1, 0.15) is 5.75 Å². The first-order chi connectivity index (χ1) is 8.79. The fourth-order valence-corrected chi connectivity index (χ4v) is 1.91. The molecule has 0 aliphatic carbocycles. The lowest BCUT2D eigenvalue weighted by Crippen LogP contribution is -2.40. The standard InChI is InChI=1S/C13H18N2O3.ClH/c1-17-12-5-3-2-4-11(12)15-13(16)8-10-9-14-6-7-18-10;/h2-5,10,14H,6-9H2,1H3,(H,15,16);1H. The molecule has 1 fully saturated rings. The van der Waals surface area contributed by atoms with Crippen LogP contribution in [-0.2, 0) is 9.53 Å². The number of hydrogen-bond acceptors (Lipinski definition) is 4. The van der Waals surface area contributed by atoms with E-state index in [1.165, 1.54) is 0 Å². The number of morpholine rings is 1. The van der Waals surface area contributed by atoms with Crippen LogP contribution in [0.25, 0.3) is 0 Å². The number of methoxy groups -OCH3 is 1. The van der Waals surface area contributed by atoms with E-state index in [4.69, 9.17) is 9.47 Å². The van der Waals surface area contributed by atoms with Crippen LogP contribution in [-0.4, -0.2) is 38.8 Å². The zero-order valence-electron chi connectivity index (χ0n) is 10.8. The maximum Gasteiger partial charge on any atom is 0.227 e. The highest BCUT2D eigenvalue weighted by atomic mass is 35.5. The zero-order valence-corrected chi connectivity index (χ0v) is 11.7. The van der Waals surface area contributed by atoms with Gasteiger partial charge in [0.15, 0.2) is 0 Å². The third kappa shape index (κ3) is 4.70. The van der Waals surface area contributed by atoms with Crippen molar-refractivity contribution in [3.63, 3.8) is 0 Å². The number of nitrogens with one attached hydrogen (secondary N) is 2. The Morgan fingerprint density at radius 3 is 3.00 bits per heavy atom. The van der Waals surface area contributed by atoms with Gasteiger partial charge in [-0.1, -0.05) is 12.1 Å². The minimum absolute atomic E-state index is 0. The Hall–Kier alpha value is -1.30. The highest BCUT2D eigenvalue weighted by Gasteiger charge is 2.17. The summed E-state index contributed by atoms with van der Waals surface area (Å²) < 4.78 is 10.7. The van der Waals surface area contributed by atoms with Crippen molar-refractivity contribution < 1.29 is 14.3 Å². The number of carbonyl (C=O) groups is 1. The third-order valence-electron chi connectivity index (χ3n) is 2.80. The van der Waals surface area contributed by atoms with Crippen molar-refractivity contribution in [1.29, 1.82) is 0 Å². The largest absolute Gasteiger partial charge is 0.495 e. The van der Waals surface area contributed by atoms with Crippen LogP contribution in [0.2, 0.25) is 0 Å². The number of amides is 1. The van der Waals surface area contributed by atoms with Crippen LogP contribution in [0.3, 0.4) is 0 Å². The first-order valence-electron chi connectivity index (χ1n) is 6.05. The van der Waals surface area contributed by atoms with Gasteiger partial charge in [0.05, 0.1) is 31.9 Å². The first kappa shape index (κ1) is 15.8. The van der Waals surface area contributed by atoms with Gasteiger partial charge < -0.3 is 20.1 Å². The summed E-state index contributed by atoms with van der Waals surface area (Å²) in [7, 11) is 1.58. The molecule has 1 amide bonds. The summed E-state index contributed by atoms with van der Waals surface area (Å²) >= 11 is 0. The zero-order chi connectivity index (χ0) is 12.8. The molecule has 1 aromatic rings. The molecule has 1 aromatic carbocycles. The topological polar surface area (TPSA) is 59.6 Å². The van der Waals surface area contributed by atoms with Crippen molar-refractivity contribution in [1.82, 2.24) is 5.32 Å². The van der Waals surface area contributed by atoms with E-state index in [9.17, 15) is 4.79 Å². The van der Waals surface area contributed by atoms with E-state index in [0.29, 0.717) is 24.5 Å². The summed E-state index contributed by atoms with van der Waals surface area (Å²) in [5.74, 6) is 0.599. The first-order valence-corrected chi connectivity index (χ1v) is 6.05. The van der Waals surface area contributed by atoms with Gasteiger partial charge in [0.25, 0.3) is 0 Å². The van der Waals surface area contributed by atoms with Gasteiger partial charge in [-0.25, -0.2) is 0 Å². The molecule has 2 rings (SSSR count). The van der Waals surface area contributed by atoms with E-state index in [-0.39, 0.29) is 24.4 Å². The molecule has 0 aromatic heterocycles. The number of rotatable bonds is 4. The minimum atomic E-state index is -0.0619. The number of hydrogen-bond donors (Lipinski definition) is 2. The van der Waals surface area contributed by atoms with Crippen LogP contribution in [0, 0.1) is 0 Å². The van der Waals surface area contributed by atoms with Crippen LogP contribution < -0.4 is 15.4 Å². The maximum absolute atomic E-state index is 11.9. The Morgan fingerprint density at radius 2 is 2.32 bits per heavy atom. The molecule has 1 saturated heterocycles. The predicted molar refractivity (Wildman–Crippen MR) is 76.1 cm³/mol. The SMILES string of the molecule is COc1ccccc1NC(=O)CC1CNCCO1.Cl. The molecule has 1 unspecified atom stereocenters. The van der Waals surface area contributed by atoms with Crippen molar-refractivity contribution in [3.05, 3.63) is 24.3 Å². The summed E-state index contributed by atoms with van der Waals surface area (Å²) in [5.41, 5.74) is 0.689. The predicted octanol–water partition coefficient (Wildman–Crippen LogP) is 1.43. The van der Waals surface area contributed by atoms with Gasteiger partial charge in [-0.05, 0) is 12.1 Å². The lowest BCUT2D eigenvalue weighted by molar-refractivity contribution is -0.119. The van der Waals surface area contributed by atoms with E-state index in [1.54, 1.807) is 7.11 Å². The summed E-state index contributed by atoms with van der Waals surface area (Å²) in [6.45, 7) is 2.23. The quantitative estimate of drug-likeness (QED) is 0.879. The van der Waals surface area contributed by atoms with Gasteiger partial charge in [0, 0.05) is 13.1 Å². The average Bonchev–Trinajstić information content (AvgIpc) is 2.40. The van der Waals surface area contributed by atoms with Crippen molar-refractivity contribution in [2.75, 3.05) is 32.1 Å². The van der Waals surface area contributed by atoms with Crippen LogP contribution >= 0.6 is 12.4 Å². The second-order valence-electron chi connectivity index (χ2n) is 4.15. The van der Waals surface area contributed by atoms with Crippen molar-refractivity contribution >= 4 is 24.0 Å². The van der Waals surface area contributed by atoms with E-state index >= 15 is 0 Å². The highest BCUT2D eigenvalue weighted by Crippen LogP contribution is 2.23. The van der Waals surface area contributed by atoms with E-state index in [1.807, 2.05) is 24.3 Å². The molecule has 5 nitrogen and oxygen atoms in total. The van der Waals surface area contributed by atoms with Crippen molar-refractivity contribution in [3.8, 4) is 5.75 Å². The van der Waals surface area contributed by atoms with E-state index < -0.39 is 0 Å². The summed E-state index contributed by atoms with van der Waals surface area (Å²) in [6, 6.07) is 7.35. The fraction of sp³-hybridized carbons (Fsp3) is 0.462. The lowest BCUT2D eigenvalue weighted by atomic mass is 10.2. The normalized spacial score (nSPS) is 18.3. The molecule has 2 N–H and O–H groups in total. The molecule has 1 aliphatic rings. The molecule has 1 heterocycles. The van der Waals surface area contributed by atoms with Crippen LogP contribution in [0.1, 0.15) is 6.42 Å². The molecule has 1 atom stereocenters. The fourth-order valence-electron chi connectivity index (χ4n) is 1.91. The Balaban J connectivity index is 0.00000180. The molecule has 6 heteroatoms. The number of carbonyl (C=O) groups excluding carboxylic acids is 1. The van der Waals surface area contributed by atoms with Gasteiger partial charge in [0.2, 0.25) is 5.91 Å². The van der Waals surface area contributed by atoms with E-state index in [0.717, 1.165) is 13.1 Å². The summed E-state index contributed by atoms with van der Waals surface area (Å²) in [4.78, 5) is 11.9. The Kier molecular flexibility index (Phi) is 6.62. The lowest BCUT2D eigenvalue weighted by Gasteiger charge is -2.23. The second kappa shape index (κ2) is 7.99. The minimum Gasteiger partial charge on any atom is -0.495 e. The van der Waals surface area contributed by atoms with Gasteiger partial charge in [-0.3, -0.25) is 4.79 Å². The van der Waals surface area contributed by atoms with Gasteiger partial charge >= 0.3 is 0 Å². The molecular weight excluding hydrogens is 268 g/mol. The molecule has 1 aliphatic heterocycles. The van der Waals surface area contributed by atoms with Crippen LogP contribution in [0.4, 0.5) is 5.69 Å². The molecule has 0 saturated carbocycles. The third-order valence-corrected chi connectivity index (χ3v) is 2.80. The molecule has 0 spiro atoms. The number of ether oxygens (including phenoxy) is 2. The van der Waals surface area contributed by atoms with Gasteiger partial charge in [-0.15, -0.1) is 12.4 Å². The van der Waals surface area contributed by atoms with Gasteiger partial charge in [-0.2, -0.15) is 0 Å². The maximum atomic E-state index is 11.9. The molecule has 0 bridgehead atoms. The Bertz CT molecular complexity index is 409. The second-order valence-corrected chi connectivity index (χ2v) is 4.15. The Morgan fingerprint density at radius 1 is 1.53 bits per heavy atom.